The van der Waals surface area contributed by atoms with Gasteiger partial charge < -0.3 is 0 Å². The predicted octanol–water partition coefficient (Wildman–Crippen LogP) is 3.32. The Morgan fingerprint density at radius 1 is 1.23 bits per heavy atom. The fourth-order valence-corrected chi connectivity index (χ4v) is 3.45. The van der Waals surface area contributed by atoms with Crippen molar-refractivity contribution in [3.8, 4) is 17.2 Å². The zero-order valence-corrected chi connectivity index (χ0v) is 14.7. The summed E-state index contributed by atoms with van der Waals surface area (Å²) < 4.78 is 42.8. The Kier molecular flexibility index (Phi) is 4.73. The van der Waals surface area contributed by atoms with Gasteiger partial charge in [0.1, 0.15) is 12.4 Å². The highest BCUT2D eigenvalue weighted by atomic mass is 32.2. The number of nitrogens with zero attached hydrogens (tertiary/aromatic N) is 3. The largest absolute Gasteiger partial charge is 0.263 e. The molecule has 0 bridgehead atoms. The summed E-state index contributed by atoms with van der Waals surface area (Å²) in [5.74, 6) is -0.375. The fourth-order valence-electron chi connectivity index (χ4n) is 2.41. The van der Waals surface area contributed by atoms with Crippen LogP contribution in [0.15, 0.2) is 59.6 Å². The molecule has 26 heavy (non-hydrogen) atoms. The summed E-state index contributed by atoms with van der Waals surface area (Å²) in [4.78, 5) is 0.0795. The molecule has 0 atom stereocenters. The third kappa shape index (κ3) is 3.58. The van der Waals surface area contributed by atoms with Crippen molar-refractivity contribution < 1.29 is 12.8 Å². The molecule has 1 aromatic heterocycles. The third-order valence-electron chi connectivity index (χ3n) is 3.76. The molecule has 0 radical (unpaired) electrons. The number of nitrogens with one attached hydrogen (secondary N) is 1. The monoisotopic (exact) mass is 370 g/mol. The Labute approximate surface area is 150 Å². The number of benzene rings is 2. The van der Waals surface area contributed by atoms with Gasteiger partial charge in [-0.05, 0) is 36.2 Å². The molecule has 0 fully saturated rings. The molecular weight excluding hydrogens is 355 g/mol. The van der Waals surface area contributed by atoms with Crippen molar-refractivity contribution >= 4 is 15.8 Å². The normalized spacial score (nSPS) is 11.1. The van der Waals surface area contributed by atoms with Crippen LogP contribution in [0.5, 0.6) is 0 Å². The fraction of sp³-hybridized carbons (Fsp3) is 0.111. The molecule has 0 amide bonds. The Hall–Kier alpha value is -3.18. The lowest BCUT2D eigenvalue weighted by Gasteiger charge is -2.08. The van der Waals surface area contributed by atoms with E-state index in [9.17, 15) is 12.8 Å². The van der Waals surface area contributed by atoms with Gasteiger partial charge in [-0.1, -0.05) is 30.3 Å². The van der Waals surface area contributed by atoms with Crippen LogP contribution in [-0.4, -0.2) is 18.2 Å². The number of hydrogen-bond acceptors (Lipinski definition) is 4. The van der Waals surface area contributed by atoms with Crippen molar-refractivity contribution in [1.29, 1.82) is 5.26 Å². The quantitative estimate of drug-likeness (QED) is 0.746. The van der Waals surface area contributed by atoms with Crippen molar-refractivity contribution in [1.82, 2.24) is 9.78 Å². The van der Waals surface area contributed by atoms with Crippen molar-refractivity contribution in [2.75, 3.05) is 4.72 Å². The summed E-state index contributed by atoms with van der Waals surface area (Å²) in [5, 5.41) is 13.0. The van der Waals surface area contributed by atoms with E-state index in [1.165, 1.54) is 29.1 Å². The van der Waals surface area contributed by atoms with Gasteiger partial charge in [0.15, 0.2) is 5.82 Å². The van der Waals surface area contributed by atoms with Gasteiger partial charge in [0, 0.05) is 11.8 Å². The van der Waals surface area contributed by atoms with Gasteiger partial charge in [-0.3, -0.25) is 9.40 Å². The molecule has 0 unspecified atom stereocenters. The van der Waals surface area contributed by atoms with Crippen LogP contribution < -0.4 is 4.72 Å². The van der Waals surface area contributed by atoms with Crippen molar-refractivity contribution in [2.24, 2.45) is 0 Å². The molecule has 0 spiro atoms. The number of hydrogen-bond donors (Lipinski definition) is 1. The second-order valence-corrected chi connectivity index (χ2v) is 7.31. The second kappa shape index (κ2) is 6.98. The molecule has 0 aliphatic rings. The van der Waals surface area contributed by atoms with E-state index in [1.807, 2.05) is 6.07 Å². The van der Waals surface area contributed by atoms with Crippen LogP contribution in [0.1, 0.15) is 5.56 Å². The van der Waals surface area contributed by atoms with Gasteiger partial charge in [0.25, 0.3) is 10.0 Å². The number of nitriles is 1. The first-order valence-corrected chi connectivity index (χ1v) is 9.18. The Bertz CT molecular complexity index is 1090. The standard InChI is InChI=1S/C18H15FN4O2S/c1-13-7-8-14(11-17(13)19)16-12-23(10-9-20)21-18(16)22-26(24,25)15-5-3-2-4-6-15/h2-8,11-12H,10H2,1H3,(H,21,22). The number of aromatic nitrogens is 2. The van der Waals surface area contributed by atoms with Gasteiger partial charge >= 0.3 is 0 Å². The number of sulfonamides is 1. The maximum absolute atomic E-state index is 13.9. The number of rotatable bonds is 5. The van der Waals surface area contributed by atoms with E-state index in [0.29, 0.717) is 16.7 Å². The molecule has 2 aromatic carbocycles. The minimum absolute atomic E-state index is 0.0346. The average Bonchev–Trinajstić information content (AvgIpc) is 3.00. The molecule has 0 aliphatic carbocycles. The smallest absolute Gasteiger partial charge is 0.261 e. The molecule has 1 heterocycles. The Morgan fingerprint density at radius 3 is 2.62 bits per heavy atom. The molecule has 1 N–H and O–H groups in total. The predicted molar refractivity (Wildman–Crippen MR) is 95.2 cm³/mol. The molecular formula is C18H15FN4O2S. The molecule has 6 nitrogen and oxygen atoms in total. The highest BCUT2D eigenvalue weighted by molar-refractivity contribution is 7.92. The number of halogens is 1. The molecule has 3 aromatic rings. The lowest BCUT2D eigenvalue weighted by molar-refractivity contribution is 0.600. The van der Waals surface area contributed by atoms with Crippen LogP contribution >= 0.6 is 0 Å². The van der Waals surface area contributed by atoms with Gasteiger partial charge in [0.05, 0.1) is 11.0 Å². The van der Waals surface area contributed by atoms with Crippen LogP contribution in [0.25, 0.3) is 11.1 Å². The molecule has 0 saturated carbocycles. The van der Waals surface area contributed by atoms with Gasteiger partial charge in [-0.25, -0.2) is 12.8 Å². The average molecular weight is 370 g/mol. The van der Waals surface area contributed by atoms with Crippen LogP contribution in [0.4, 0.5) is 10.2 Å². The minimum Gasteiger partial charge on any atom is -0.261 e. The van der Waals surface area contributed by atoms with E-state index < -0.39 is 15.8 Å². The van der Waals surface area contributed by atoms with E-state index in [0.717, 1.165) is 0 Å². The SMILES string of the molecule is Cc1ccc(-c2cn(CC#N)nc2NS(=O)(=O)c2ccccc2)cc1F. The van der Waals surface area contributed by atoms with Gasteiger partial charge in [-0.2, -0.15) is 10.4 Å². The lowest BCUT2D eigenvalue weighted by atomic mass is 10.1. The van der Waals surface area contributed by atoms with Crippen LogP contribution in [0, 0.1) is 24.1 Å². The summed E-state index contributed by atoms with van der Waals surface area (Å²) in [5.41, 5.74) is 1.33. The third-order valence-corrected chi connectivity index (χ3v) is 5.12. The molecule has 0 saturated heterocycles. The lowest BCUT2D eigenvalue weighted by Crippen LogP contribution is -2.14. The van der Waals surface area contributed by atoms with Crippen molar-refractivity contribution in [2.45, 2.75) is 18.4 Å². The first-order valence-electron chi connectivity index (χ1n) is 7.69. The van der Waals surface area contributed by atoms with Crippen molar-refractivity contribution in [3.63, 3.8) is 0 Å². The summed E-state index contributed by atoms with van der Waals surface area (Å²) in [7, 11) is -3.87. The maximum atomic E-state index is 13.9. The van der Waals surface area contributed by atoms with E-state index in [1.54, 1.807) is 37.3 Å². The topological polar surface area (TPSA) is 87.8 Å². The van der Waals surface area contributed by atoms with Crippen LogP contribution in [-0.2, 0) is 16.6 Å². The zero-order valence-electron chi connectivity index (χ0n) is 13.8. The Balaban J connectivity index is 2.06. The Morgan fingerprint density at radius 2 is 1.96 bits per heavy atom. The summed E-state index contributed by atoms with van der Waals surface area (Å²) in [6, 6.07) is 14.4. The highest BCUT2D eigenvalue weighted by Crippen LogP contribution is 2.30. The highest BCUT2D eigenvalue weighted by Gasteiger charge is 2.20. The molecule has 3 rings (SSSR count). The summed E-state index contributed by atoms with van der Waals surface area (Å²) in [6.45, 7) is 1.58. The number of aryl methyl sites for hydroxylation is 1. The van der Waals surface area contributed by atoms with Crippen LogP contribution in [0.2, 0.25) is 0 Å². The second-order valence-electron chi connectivity index (χ2n) is 5.63. The van der Waals surface area contributed by atoms with Crippen molar-refractivity contribution in [3.05, 3.63) is 66.1 Å². The maximum Gasteiger partial charge on any atom is 0.263 e. The van der Waals surface area contributed by atoms with Gasteiger partial charge in [-0.15, -0.1) is 0 Å². The van der Waals surface area contributed by atoms with E-state index in [4.69, 9.17) is 5.26 Å². The first-order chi connectivity index (χ1) is 12.4. The van der Waals surface area contributed by atoms with E-state index in [-0.39, 0.29) is 17.3 Å². The molecule has 132 valence electrons. The number of anilines is 1. The van der Waals surface area contributed by atoms with E-state index in [2.05, 4.69) is 9.82 Å². The molecule has 8 heteroatoms. The van der Waals surface area contributed by atoms with E-state index >= 15 is 0 Å². The summed E-state index contributed by atoms with van der Waals surface area (Å²) in [6.07, 6.45) is 1.51. The molecule has 0 aliphatic heterocycles. The minimum atomic E-state index is -3.87. The first kappa shape index (κ1) is 17.6. The van der Waals surface area contributed by atoms with Gasteiger partial charge in [0.2, 0.25) is 0 Å². The zero-order chi connectivity index (χ0) is 18.7. The van der Waals surface area contributed by atoms with Crippen LogP contribution in [0.3, 0.4) is 0 Å². The summed E-state index contributed by atoms with van der Waals surface area (Å²) >= 11 is 0.